The van der Waals surface area contributed by atoms with Gasteiger partial charge in [0.1, 0.15) is 5.82 Å². The number of hydrogen-bond donors (Lipinski definition) is 1. The summed E-state index contributed by atoms with van der Waals surface area (Å²) in [4.78, 5) is 18.6. The normalized spacial score (nSPS) is 13.8. The van der Waals surface area contributed by atoms with E-state index >= 15 is 4.39 Å². The van der Waals surface area contributed by atoms with E-state index in [0.717, 1.165) is 33.3 Å². The van der Waals surface area contributed by atoms with Crippen molar-refractivity contribution in [3.8, 4) is 11.1 Å². The lowest BCUT2D eigenvalue weighted by Crippen LogP contribution is -2.24. The van der Waals surface area contributed by atoms with Gasteiger partial charge in [-0.3, -0.25) is 14.5 Å². The highest BCUT2D eigenvalue weighted by Gasteiger charge is 2.29. The van der Waals surface area contributed by atoms with E-state index in [2.05, 4.69) is 10.1 Å². The van der Waals surface area contributed by atoms with Gasteiger partial charge in [0.15, 0.2) is 0 Å². The summed E-state index contributed by atoms with van der Waals surface area (Å²) in [6.07, 6.45) is 3.54. The Morgan fingerprint density at radius 1 is 1.18 bits per heavy atom. The molecule has 0 fully saturated rings. The van der Waals surface area contributed by atoms with Crippen molar-refractivity contribution in [2.75, 3.05) is 0 Å². The van der Waals surface area contributed by atoms with Crippen molar-refractivity contribution in [2.45, 2.75) is 39.5 Å². The molecule has 7 heteroatoms. The van der Waals surface area contributed by atoms with Crippen molar-refractivity contribution < 1.29 is 14.3 Å². The first-order valence-corrected chi connectivity index (χ1v) is 10.8. The molecule has 6 nitrogen and oxygen atoms in total. The van der Waals surface area contributed by atoms with Crippen LogP contribution in [0.25, 0.3) is 22.0 Å². The Morgan fingerprint density at radius 2 is 1.94 bits per heavy atom. The highest BCUT2D eigenvalue weighted by Crippen LogP contribution is 2.35. The first-order chi connectivity index (χ1) is 15.6. The van der Waals surface area contributed by atoms with Gasteiger partial charge in [-0.15, -0.1) is 0 Å². The zero-order valence-corrected chi connectivity index (χ0v) is 19.1. The van der Waals surface area contributed by atoms with Crippen molar-refractivity contribution in [1.29, 1.82) is 0 Å². The van der Waals surface area contributed by atoms with Crippen molar-refractivity contribution >= 4 is 16.8 Å². The van der Waals surface area contributed by atoms with Crippen LogP contribution >= 0.6 is 0 Å². The van der Waals surface area contributed by atoms with Crippen molar-refractivity contribution in [1.82, 2.24) is 19.7 Å². The van der Waals surface area contributed by atoms with Gasteiger partial charge in [0, 0.05) is 36.9 Å². The lowest BCUT2D eigenvalue weighted by molar-refractivity contribution is 0.0763. The molecule has 2 aromatic carbocycles. The zero-order valence-electron chi connectivity index (χ0n) is 19.1. The van der Waals surface area contributed by atoms with Crippen LogP contribution in [0.1, 0.15) is 46.6 Å². The van der Waals surface area contributed by atoms with E-state index in [1.807, 2.05) is 38.4 Å². The van der Waals surface area contributed by atoms with Crippen LogP contribution in [0, 0.1) is 12.7 Å². The number of aromatic nitrogens is 3. The van der Waals surface area contributed by atoms with Gasteiger partial charge in [-0.1, -0.05) is 6.07 Å². The summed E-state index contributed by atoms with van der Waals surface area (Å²) in [5.74, 6) is -0.496. The molecule has 0 unspecified atom stereocenters. The summed E-state index contributed by atoms with van der Waals surface area (Å²) >= 11 is 0. The number of halogens is 1. The molecule has 4 aromatic rings. The number of carbonyl (C=O) groups is 1. The molecule has 0 aliphatic carbocycles. The minimum absolute atomic E-state index is 0.128. The van der Waals surface area contributed by atoms with Gasteiger partial charge in [-0.2, -0.15) is 5.10 Å². The van der Waals surface area contributed by atoms with Crippen LogP contribution in [0.3, 0.4) is 0 Å². The number of aryl methyl sites for hydroxylation is 2. The summed E-state index contributed by atoms with van der Waals surface area (Å²) < 4.78 is 17.0. The molecule has 168 valence electrons. The Hall–Kier alpha value is -3.58. The van der Waals surface area contributed by atoms with E-state index in [1.54, 1.807) is 41.8 Å². The molecular weight excluding hydrogens is 419 g/mol. The van der Waals surface area contributed by atoms with Gasteiger partial charge in [0.05, 0.1) is 28.9 Å². The number of aliphatic hydroxyl groups is 1. The molecule has 1 N–H and O–H groups in total. The average Bonchev–Trinajstić information content (AvgIpc) is 3.28. The molecular formula is C26H25FN4O2. The molecule has 0 spiro atoms. The SMILES string of the molecule is Cc1cc(-c2cc(C(C)(C)O)c3cn(C)nc3c2)cc(F)c1CN1Cc2ncccc2C1=O. The second-order valence-corrected chi connectivity index (χ2v) is 9.23. The third-order valence-electron chi connectivity index (χ3n) is 6.25. The van der Waals surface area contributed by atoms with Gasteiger partial charge < -0.3 is 10.0 Å². The number of nitrogens with zero attached hydrogens (tertiary/aromatic N) is 4. The maximum Gasteiger partial charge on any atom is 0.256 e. The highest BCUT2D eigenvalue weighted by atomic mass is 19.1. The maximum atomic E-state index is 15.3. The molecule has 1 aliphatic heterocycles. The van der Waals surface area contributed by atoms with Gasteiger partial charge in [0.25, 0.3) is 5.91 Å². The smallest absolute Gasteiger partial charge is 0.256 e. The molecule has 0 saturated heterocycles. The van der Waals surface area contributed by atoms with E-state index in [-0.39, 0.29) is 18.3 Å². The second-order valence-electron chi connectivity index (χ2n) is 9.23. The van der Waals surface area contributed by atoms with Crippen LogP contribution in [0.5, 0.6) is 0 Å². The Labute approximate surface area is 191 Å². The Morgan fingerprint density at radius 3 is 2.64 bits per heavy atom. The number of benzene rings is 2. The van der Waals surface area contributed by atoms with Crippen molar-refractivity contribution in [2.24, 2.45) is 7.05 Å². The summed E-state index contributed by atoms with van der Waals surface area (Å²) in [5, 5.41) is 16.1. The average molecular weight is 445 g/mol. The number of hydrogen-bond acceptors (Lipinski definition) is 4. The monoisotopic (exact) mass is 444 g/mol. The summed E-state index contributed by atoms with van der Waals surface area (Å²) in [6.45, 7) is 5.87. The molecule has 3 heterocycles. The molecule has 1 aliphatic rings. The maximum absolute atomic E-state index is 15.3. The lowest BCUT2D eigenvalue weighted by atomic mass is 9.90. The Bertz CT molecular complexity index is 1390. The van der Waals surface area contributed by atoms with E-state index in [1.165, 1.54) is 6.07 Å². The van der Waals surface area contributed by atoms with Crippen molar-refractivity contribution in [3.63, 3.8) is 0 Å². The third-order valence-corrected chi connectivity index (χ3v) is 6.25. The van der Waals surface area contributed by atoms with Crippen LogP contribution in [0.4, 0.5) is 4.39 Å². The zero-order chi connectivity index (χ0) is 23.5. The molecule has 33 heavy (non-hydrogen) atoms. The Kier molecular flexibility index (Phi) is 4.83. The lowest BCUT2D eigenvalue weighted by Gasteiger charge is -2.21. The molecule has 0 radical (unpaired) electrons. The van der Waals surface area contributed by atoms with Gasteiger partial charge in [-0.05, 0) is 73.4 Å². The number of carbonyl (C=O) groups excluding carboxylic acids is 1. The second kappa shape index (κ2) is 7.49. The van der Waals surface area contributed by atoms with Crippen molar-refractivity contribution in [3.05, 3.63) is 82.6 Å². The van der Waals surface area contributed by atoms with E-state index in [0.29, 0.717) is 23.2 Å². The van der Waals surface area contributed by atoms with Crippen LogP contribution in [0.15, 0.2) is 48.8 Å². The molecule has 0 atom stereocenters. The summed E-state index contributed by atoms with van der Waals surface area (Å²) in [7, 11) is 1.83. The fourth-order valence-corrected chi connectivity index (χ4v) is 4.56. The largest absolute Gasteiger partial charge is 0.386 e. The fourth-order valence-electron chi connectivity index (χ4n) is 4.56. The van der Waals surface area contributed by atoms with Crippen LogP contribution < -0.4 is 0 Å². The van der Waals surface area contributed by atoms with Gasteiger partial charge in [-0.25, -0.2) is 4.39 Å². The number of amides is 1. The highest BCUT2D eigenvalue weighted by molar-refractivity contribution is 5.97. The minimum atomic E-state index is -1.08. The summed E-state index contributed by atoms with van der Waals surface area (Å²) in [5.41, 5.74) is 4.42. The predicted molar refractivity (Wildman–Crippen MR) is 124 cm³/mol. The van der Waals surface area contributed by atoms with E-state index in [9.17, 15) is 9.90 Å². The topological polar surface area (TPSA) is 71.2 Å². The number of rotatable bonds is 4. The molecule has 0 bridgehead atoms. The summed E-state index contributed by atoms with van der Waals surface area (Å²) in [6, 6.07) is 10.7. The molecule has 1 amide bonds. The van der Waals surface area contributed by atoms with Crippen LogP contribution in [-0.4, -0.2) is 30.7 Å². The predicted octanol–water partition coefficient (Wildman–Crippen LogP) is 4.47. The molecule has 5 rings (SSSR count). The van der Waals surface area contributed by atoms with Crippen LogP contribution in [0.2, 0.25) is 0 Å². The standard InChI is InChI=1S/C26H25FN4O2/c1-15-8-16(17-9-21(26(2,3)33)20-12-30(4)29-23(20)11-17)10-22(27)19(15)13-31-14-24-18(25(31)32)6-5-7-28-24/h5-12,33H,13-14H2,1-4H3. The van der Waals surface area contributed by atoms with E-state index in [4.69, 9.17) is 0 Å². The van der Waals surface area contributed by atoms with Gasteiger partial charge in [0.2, 0.25) is 0 Å². The first-order valence-electron chi connectivity index (χ1n) is 10.8. The molecule has 2 aromatic heterocycles. The van der Waals surface area contributed by atoms with Crippen LogP contribution in [-0.2, 0) is 25.7 Å². The first kappa shape index (κ1) is 21.3. The van der Waals surface area contributed by atoms with Gasteiger partial charge >= 0.3 is 0 Å². The quantitative estimate of drug-likeness (QED) is 0.504. The number of fused-ring (bicyclic) bond motifs is 2. The van der Waals surface area contributed by atoms with E-state index < -0.39 is 5.60 Å². The number of pyridine rings is 1. The molecule has 0 saturated carbocycles. The fraction of sp³-hybridized carbons (Fsp3) is 0.269. The third kappa shape index (κ3) is 3.68. The Balaban J connectivity index is 1.52. The minimum Gasteiger partial charge on any atom is -0.386 e.